The first kappa shape index (κ1) is 12.9. The summed E-state index contributed by atoms with van der Waals surface area (Å²) in [5, 5.41) is 15.7. The molecule has 1 saturated carbocycles. The Hall–Kier alpha value is -0.540. The first-order chi connectivity index (χ1) is 7.94. The highest BCUT2D eigenvalue weighted by Gasteiger charge is 2.38. The molecule has 1 aliphatic carbocycles. The highest BCUT2D eigenvalue weighted by Crippen LogP contribution is 2.42. The molecule has 0 unspecified atom stereocenters. The van der Waals surface area contributed by atoms with Crippen LogP contribution in [-0.4, -0.2) is 14.9 Å². The van der Waals surface area contributed by atoms with E-state index in [0.717, 1.165) is 31.4 Å². The largest absolute Gasteiger partial charge is 0.384 e. The topological polar surface area (TPSA) is 38.1 Å². The molecule has 1 aromatic heterocycles. The molecule has 0 radical (unpaired) electrons. The van der Waals surface area contributed by atoms with Crippen molar-refractivity contribution in [2.75, 3.05) is 0 Å². The van der Waals surface area contributed by atoms with E-state index in [0.29, 0.717) is 10.9 Å². The van der Waals surface area contributed by atoms with Gasteiger partial charge >= 0.3 is 0 Å². The minimum absolute atomic E-state index is 0.223. The summed E-state index contributed by atoms with van der Waals surface area (Å²) in [6.45, 7) is 6.35. The second-order valence-corrected chi connectivity index (χ2v) is 6.00. The first-order valence-electron chi connectivity index (χ1n) is 6.40. The summed E-state index contributed by atoms with van der Waals surface area (Å²) in [6, 6.07) is 0.223. The second-order valence-electron chi connectivity index (χ2n) is 5.59. The molecular formula is C13H21ClN2O. The van der Waals surface area contributed by atoms with Crippen LogP contribution in [0.4, 0.5) is 0 Å². The Labute approximate surface area is 108 Å². The van der Waals surface area contributed by atoms with Crippen LogP contribution in [0.5, 0.6) is 0 Å². The molecular weight excluding hydrogens is 236 g/mol. The molecule has 0 aliphatic heterocycles. The van der Waals surface area contributed by atoms with Crippen LogP contribution < -0.4 is 0 Å². The standard InChI is InChI=1S/C13H21ClN2O/c1-9(2)16-12(11(14)8-15-16)13(17)6-4-10(3)5-7-13/h8-10,17H,4-7H2,1-3H3. The van der Waals surface area contributed by atoms with Gasteiger partial charge in [-0.05, 0) is 45.4 Å². The number of halogens is 1. The van der Waals surface area contributed by atoms with Crippen LogP contribution in [0.15, 0.2) is 6.20 Å². The lowest BCUT2D eigenvalue weighted by atomic mass is 9.77. The Morgan fingerprint density at radius 2 is 2.06 bits per heavy atom. The zero-order valence-corrected chi connectivity index (χ0v) is 11.5. The van der Waals surface area contributed by atoms with E-state index in [4.69, 9.17) is 11.6 Å². The van der Waals surface area contributed by atoms with Crippen molar-refractivity contribution in [2.24, 2.45) is 5.92 Å². The summed E-state index contributed by atoms with van der Waals surface area (Å²) in [7, 11) is 0. The minimum Gasteiger partial charge on any atom is -0.384 e. The predicted octanol–water partition coefficient (Wildman–Crippen LogP) is 3.52. The van der Waals surface area contributed by atoms with Gasteiger partial charge in [0.25, 0.3) is 0 Å². The summed E-state index contributed by atoms with van der Waals surface area (Å²) in [6.07, 6.45) is 5.32. The molecule has 1 heterocycles. The lowest BCUT2D eigenvalue weighted by Gasteiger charge is -2.36. The van der Waals surface area contributed by atoms with Gasteiger partial charge in [-0.15, -0.1) is 0 Å². The maximum Gasteiger partial charge on any atom is 0.108 e. The van der Waals surface area contributed by atoms with Gasteiger partial charge in [-0.3, -0.25) is 4.68 Å². The normalized spacial score (nSPS) is 29.9. The summed E-state index contributed by atoms with van der Waals surface area (Å²) in [5.74, 6) is 0.699. The molecule has 1 aromatic rings. The van der Waals surface area contributed by atoms with E-state index >= 15 is 0 Å². The van der Waals surface area contributed by atoms with Gasteiger partial charge in [-0.25, -0.2) is 0 Å². The van der Waals surface area contributed by atoms with Crippen LogP contribution in [-0.2, 0) is 5.60 Å². The molecule has 1 aliphatic rings. The second kappa shape index (κ2) is 4.62. The fourth-order valence-corrected chi connectivity index (χ4v) is 2.95. The van der Waals surface area contributed by atoms with Crippen LogP contribution in [0.1, 0.15) is 58.2 Å². The fraction of sp³-hybridized carbons (Fsp3) is 0.769. The number of hydrogen-bond acceptors (Lipinski definition) is 2. The maximum atomic E-state index is 10.8. The molecule has 2 rings (SSSR count). The van der Waals surface area contributed by atoms with E-state index in [-0.39, 0.29) is 6.04 Å². The molecule has 1 N–H and O–H groups in total. The summed E-state index contributed by atoms with van der Waals surface area (Å²) in [4.78, 5) is 0. The lowest BCUT2D eigenvalue weighted by molar-refractivity contribution is -0.0203. The van der Waals surface area contributed by atoms with Crippen molar-refractivity contribution >= 4 is 11.6 Å². The number of aliphatic hydroxyl groups is 1. The van der Waals surface area contributed by atoms with E-state index in [1.54, 1.807) is 6.20 Å². The predicted molar refractivity (Wildman–Crippen MR) is 69.2 cm³/mol. The molecule has 0 saturated heterocycles. The van der Waals surface area contributed by atoms with Gasteiger partial charge in [-0.2, -0.15) is 5.10 Å². The van der Waals surface area contributed by atoms with Gasteiger partial charge in [0.2, 0.25) is 0 Å². The van der Waals surface area contributed by atoms with Crippen LogP contribution in [0, 0.1) is 5.92 Å². The van der Waals surface area contributed by atoms with Crippen LogP contribution in [0.3, 0.4) is 0 Å². The third-order valence-electron chi connectivity index (χ3n) is 3.78. The Morgan fingerprint density at radius 3 is 2.59 bits per heavy atom. The van der Waals surface area contributed by atoms with Crippen molar-refractivity contribution < 1.29 is 5.11 Å². The third-order valence-corrected chi connectivity index (χ3v) is 4.06. The van der Waals surface area contributed by atoms with Gasteiger partial charge < -0.3 is 5.11 Å². The SMILES string of the molecule is CC1CCC(O)(c2c(Cl)cnn2C(C)C)CC1. The Morgan fingerprint density at radius 1 is 1.47 bits per heavy atom. The highest BCUT2D eigenvalue weighted by molar-refractivity contribution is 6.31. The first-order valence-corrected chi connectivity index (χ1v) is 6.77. The van der Waals surface area contributed by atoms with Crippen molar-refractivity contribution in [1.29, 1.82) is 0 Å². The molecule has 0 spiro atoms. The van der Waals surface area contributed by atoms with E-state index < -0.39 is 5.60 Å². The van der Waals surface area contributed by atoms with Crippen molar-refractivity contribution in [3.05, 3.63) is 16.9 Å². The summed E-state index contributed by atoms with van der Waals surface area (Å²) in [5.41, 5.74) is 0.0192. The Balaban J connectivity index is 2.35. The van der Waals surface area contributed by atoms with Gasteiger partial charge in [0.15, 0.2) is 0 Å². The molecule has 0 amide bonds. The van der Waals surface area contributed by atoms with E-state index in [1.807, 2.05) is 4.68 Å². The van der Waals surface area contributed by atoms with E-state index in [1.165, 1.54) is 0 Å². The maximum absolute atomic E-state index is 10.8. The molecule has 96 valence electrons. The lowest BCUT2D eigenvalue weighted by Crippen LogP contribution is -2.34. The number of hydrogen-bond donors (Lipinski definition) is 1. The van der Waals surface area contributed by atoms with Crippen LogP contribution in [0.2, 0.25) is 5.02 Å². The highest BCUT2D eigenvalue weighted by atomic mass is 35.5. The smallest absolute Gasteiger partial charge is 0.108 e. The molecule has 0 bridgehead atoms. The molecule has 0 atom stereocenters. The zero-order chi connectivity index (χ0) is 12.6. The Kier molecular flexibility index (Phi) is 3.50. The van der Waals surface area contributed by atoms with Crippen molar-refractivity contribution in [2.45, 2.75) is 58.1 Å². The third kappa shape index (κ3) is 2.36. The van der Waals surface area contributed by atoms with E-state index in [2.05, 4.69) is 25.9 Å². The van der Waals surface area contributed by atoms with Gasteiger partial charge in [0.1, 0.15) is 5.60 Å². The van der Waals surface area contributed by atoms with Gasteiger partial charge in [0.05, 0.1) is 16.9 Å². The number of nitrogens with zero attached hydrogens (tertiary/aromatic N) is 2. The minimum atomic E-state index is -0.787. The number of aromatic nitrogens is 2. The van der Waals surface area contributed by atoms with Gasteiger partial charge in [0, 0.05) is 6.04 Å². The molecule has 1 fully saturated rings. The van der Waals surface area contributed by atoms with Crippen LogP contribution >= 0.6 is 11.6 Å². The summed E-state index contributed by atoms with van der Waals surface area (Å²) >= 11 is 6.21. The van der Waals surface area contributed by atoms with Crippen molar-refractivity contribution in [3.63, 3.8) is 0 Å². The quantitative estimate of drug-likeness (QED) is 0.879. The van der Waals surface area contributed by atoms with Crippen molar-refractivity contribution in [3.8, 4) is 0 Å². The van der Waals surface area contributed by atoms with Gasteiger partial charge in [-0.1, -0.05) is 18.5 Å². The molecule has 3 nitrogen and oxygen atoms in total. The zero-order valence-electron chi connectivity index (χ0n) is 10.8. The summed E-state index contributed by atoms with van der Waals surface area (Å²) < 4.78 is 1.86. The average molecular weight is 257 g/mol. The molecule has 4 heteroatoms. The monoisotopic (exact) mass is 256 g/mol. The molecule has 17 heavy (non-hydrogen) atoms. The number of rotatable bonds is 2. The molecule has 0 aromatic carbocycles. The fourth-order valence-electron chi connectivity index (χ4n) is 2.64. The average Bonchev–Trinajstić information content (AvgIpc) is 2.66. The van der Waals surface area contributed by atoms with Crippen LogP contribution in [0.25, 0.3) is 0 Å². The van der Waals surface area contributed by atoms with E-state index in [9.17, 15) is 5.11 Å². The van der Waals surface area contributed by atoms with Crippen molar-refractivity contribution in [1.82, 2.24) is 9.78 Å². The Bertz CT molecular complexity index is 392.